The lowest BCUT2D eigenvalue weighted by Gasteiger charge is -2.30. The van der Waals surface area contributed by atoms with Crippen LogP contribution in [-0.4, -0.2) is 35.0 Å². The Balaban J connectivity index is 1.71. The normalized spacial score (nSPS) is 17.6. The smallest absolute Gasteiger partial charge is 0.279 e. The monoisotopic (exact) mass is 402 g/mol. The van der Waals surface area contributed by atoms with E-state index in [-0.39, 0.29) is 10.8 Å². The van der Waals surface area contributed by atoms with E-state index >= 15 is 0 Å². The molecule has 0 radical (unpaired) electrons. The highest BCUT2D eigenvalue weighted by Crippen LogP contribution is 2.27. The SMILES string of the molecule is CNS(=O)(=O)c1cc(NC(=O)C[NH+](C)[C@@H]2CCCc3ccccc32)ccc1C. The van der Waals surface area contributed by atoms with Crippen LogP contribution in [0.15, 0.2) is 47.4 Å². The van der Waals surface area contributed by atoms with E-state index < -0.39 is 10.0 Å². The number of fused-ring (bicyclic) bond motifs is 1. The summed E-state index contributed by atoms with van der Waals surface area (Å²) in [6.45, 7) is 2.05. The number of likely N-dealkylation sites (N-methyl/N-ethyl adjacent to an activating group) is 1. The second-order valence-corrected chi connectivity index (χ2v) is 9.26. The van der Waals surface area contributed by atoms with Gasteiger partial charge in [-0.05, 0) is 50.1 Å². The number of carbonyl (C=O) groups excluding carboxylic acids is 1. The van der Waals surface area contributed by atoms with E-state index in [2.05, 4.69) is 34.3 Å². The van der Waals surface area contributed by atoms with Crippen molar-refractivity contribution >= 4 is 21.6 Å². The molecule has 0 spiro atoms. The summed E-state index contributed by atoms with van der Waals surface area (Å²) in [7, 11) is -0.152. The molecule has 150 valence electrons. The van der Waals surface area contributed by atoms with Gasteiger partial charge in [0.2, 0.25) is 10.0 Å². The van der Waals surface area contributed by atoms with Gasteiger partial charge in [0.25, 0.3) is 5.91 Å². The second kappa shape index (κ2) is 8.43. The molecule has 2 atom stereocenters. The van der Waals surface area contributed by atoms with Crippen LogP contribution in [0.5, 0.6) is 0 Å². The van der Waals surface area contributed by atoms with Gasteiger partial charge in [0.1, 0.15) is 6.04 Å². The van der Waals surface area contributed by atoms with Gasteiger partial charge in [-0.3, -0.25) is 4.79 Å². The van der Waals surface area contributed by atoms with E-state index in [1.54, 1.807) is 19.1 Å². The van der Waals surface area contributed by atoms with Crippen LogP contribution in [-0.2, 0) is 21.2 Å². The van der Waals surface area contributed by atoms with Gasteiger partial charge in [0.05, 0.1) is 11.9 Å². The standard InChI is InChI=1S/C21H27N3O3S/c1-15-11-12-17(13-20(15)28(26,27)22-2)23-21(25)14-24(3)19-10-6-8-16-7-4-5-9-18(16)19/h4-5,7,9,11-13,19,22H,6,8,10,14H2,1-3H3,(H,23,25)/p+1/t19-/m1/s1. The Bertz CT molecular complexity index is 973. The van der Waals surface area contributed by atoms with Gasteiger partial charge in [-0.25, -0.2) is 13.1 Å². The Kier molecular flexibility index (Phi) is 6.17. The number of hydrogen-bond donors (Lipinski definition) is 3. The molecule has 3 N–H and O–H groups in total. The zero-order chi connectivity index (χ0) is 20.3. The quantitative estimate of drug-likeness (QED) is 0.684. The molecule has 0 bridgehead atoms. The first-order valence-electron chi connectivity index (χ1n) is 9.56. The average molecular weight is 403 g/mol. The molecule has 0 fully saturated rings. The van der Waals surface area contributed by atoms with Crippen LogP contribution in [0, 0.1) is 6.92 Å². The minimum atomic E-state index is -3.57. The number of sulfonamides is 1. The third-order valence-electron chi connectivity index (χ3n) is 5.43. The van der Waals surface area contributed by atoms with Crippen molar-refractivity contribution in [3.63, 3.8) is 0 Å². The molecule has 1 unspecified atom stereocenters. The first kappa shape index (κ1) is 20.5. The molecule has 1 aliphatic rings. The fraction of sp³-hybridized carbons (Fsp3) is 0.381. The van der Waals surface area contributed by atoms with Crippen LogP contribution < -0.4 is 14.9 Å². The summed E-state index contributed by atoms with van der Waals surface area (Å²) in [5, 5.41) is 2.85. The van der Waals surface area contributed by atoms with Gasteiger partial charge in [-0.2, -0.15) is 0 Å². The third kappa shape index (κ3) is 4.43. The van der Waals surface area contributed by atoms with Crippen LogP contribution >= 0.6 is 0 Å². The summed E-state index contributed by atoms with van der Waals surface area (Å²) < 4.78 is 26.6. The Morgan fingerprint density at radius 3 is 2.71 bits per heavy atom. The number of benzene rings is 2. The predicted octanol–water partition coefficient (Wildman–Crippen LogP) is 1.43. The van der Waals surface area contributed by atoms with Gasteiger partial charge < -0.3 is 10.2 Å². The second-order valence-electron chi connectivity index (χ2n) is 7.40. The minimum absolute atomic E-state index is 0.128. The van der Waals surface area contributed by atoms with E-state index in [9.17, 15) is 13.2 Å². The van der Waals surface area contributed by atoms with Gasteiger partial charge in [0.15, 0.2) is 6.54 Å². The van der Waals surface area contributed by atoms with Gasteiger partial charge in [-0.1, -0.05) is 30.3 Å². The number of anilines is 1. The zero-order valence-corrected chi connectivity index (χ0v) is 17.4. The van der Waals surface area contributed by atoms with Crippen LogP contribution in [0.4, 0.5) is 5.69 Å². The summed E-state index contributed by atoms with van der Waals surface area (Å²) in [5.74, 6) is -0.128. The lowest BCUT2D eigenvalue weighted by atomic mass is 9.87. The number of rotatable bonds is 6. The van der Waals surface area contributed by atoms with Crippen molar-refractivity contribution in [2.45, 2.75) is 37.1 Å². The topological polar surface area (TPSA) is 79.7 Å². The number of nitrogens with one attached hydrogen (secondary N) is 3. The van der Waals surface area contributed by atoms with Gasteiger partial charge in [0, 0.05) is 17.7 Å². The Hall–Kier alpha value is -2.22. The molecule has 3 rings (SSSR count). The highest BCUT2D eigenvalue weighted by molar-refractivity contribution is 7.89. The molecule has 0 saturated carbocycles. The lowest BCUT2D eigenvalue weighted by molar-refractivity contribution is -0.905. The van der Waals surface area contributed by atoms with E-state index in [0.29, 0.717) is 23.8 Å². The molecule has 0 heterocycles. The maximum Gasteiger partial charge on any atom is 0.279 e. The fourth-order valence-electron chi connectivity index (χ4n) is 3.92. The molecular weight excluding hydrogens is 374 g/mol. The van der Waals surface area contributed by atoms with Crippen LogP contribution in [0.2, 0.25) is 0 Å². The van der Waals surface area contributed by atoms with Crippen molar-refractivity contribution in [1.82, 2.24) is 4.72 Å². The average Bonchev–Trinajstić information content (AvgIpc) is 2.68. The largest absolute Gasteiger partial charge is 0.323 e. The highest BCUT2D eigenvalue weighted by Gasteiger charge is 2.28. The van der Waals surface area contributed by atoms with Gasteiger partial charge in [-0.15, -0.1) is 0 Å². The number of quaternary nitrogens is 1. The summed E-state index contributed by atoms with van der Waals surface area (Å²) in [6.07, 6.45) is 3.29. The Labute approximate surface area is 167 Å². The molecule has 2 aromatic rings. The fourth-order valence-corrected chi connectivity index (χ4v) is 4.92. The molecule has 6 nitrogen and oxygen atoms in total. The summed E-state index contributed by atoms with van der Waals surface area (Å²) in [5.41, 5.74) is 3.82. The molecule has 0 saturated heterocycles. The van der Waals surface area contributed by atoms with Crippen molar-refractivity contribution in [2.75, 3.05) is 26.0 Å². The maximum atomic E-state index is 12.6. The van der Waals surface area contributed by atoms with Crippen LogP contribution in [0.25, 0.3) is 0 Å². The molecule has 0 aliphatic heterocycles. The Morgan fingerprint density at radius 1 is 1.21 bits per heavy atom. The van der Waals surface area contributed by atoms with Crippen molar-refractivity contribution in [1.29, 1.82) is 0 Å². The zero-order valence-electron chi connectivity index (χ0n) is 16.6. The van der Waals surface area contributed by atoms with Gasteiger partial charge >= 0.3 is 0 Å². The van der Waals surface area contributed by atoms with Crippen LogP contribution in [0.1, 0.15) is 35.6 Å². The minimum Gasteiger partial charge on any atom is -0.323 e. The molecule has 1 amide bonds. The lowest BCUT2D eigenvalue weighted by Crippen LogP contribution is -3.10. The first-order valence-corrected chi connectivity index (χ1v) is 11.0. The van der Waals surface area contributed by atoms with Crippen molar-refractivity contribution in [2.24, 2.45) is 0 Å². The van der Waals surface area contributed by atoms with E-state index in [0.717, 1.165) is 24.2 Å². The molecule has 28 heavy (non-hydrogen) atoms. The Morgan fingerprint density at radius 2 is 1.96 bits per heavy atom. The maximum absolute atomic E-state index is 12.6. The van der Waals surface area contributed by atoms with E-state index in [1.807, 2.05) is 7.05 Å². The number of amides is 1. The number of hydrogen-bond acceptors (Lipinski definition) is 3. The molecule has 1 aliphatic carbocycles. The van der Waals surface area contributed by atoms with E-state index in [1.165, 1.54) is 24.2 Å². The van der Waals surface area contributed by atoms with Crippen LogP contribution in [0.3, 0.4) is 0 Å². The molecule has 7 heteroatoms. The van der Waals surface area contributed by atoms with E-state index in [4.69, 9.17) is 0 Å². The molecule has 2 aromatic carbocycles. The third-order valence-corrected chi connectivity index (χ3v) is 6.99. The van der Waals surface area contributed by atoms with Crippen molar-refractivity contribution in [3.8, 4) is 0 Å². The summed E-state index contributed by atoms with van der Waals surface area (Å²) in [6, 6.07) is 13.7. The predicted molar refractivity (Wildman–Crippen MR) is 110 cm³/mol. The van der Waals surface area contributed by atoms with Crippen molar-refractivity contribution < 1.29 is 18.1 Å². The summed E-state index contributed by atoms with van der Waals surface area (Å²) >= 11 is 0. The number of aryl methyl sites for hydroxylation is 2. The number of carbonyl (C=O) groups is 1. The van der Waals surface area contributed by atoms with Crippen molar-refractivity contribution in [3.05, 3.63) is 59.2 Å². The first-order chi connectivity index (χ1) is 13.3. The highest BCUT2D eigenvalue weighted by atomic mass is 32.2. The molecular formula is C21H28N3O3S+. The summed E-state index contributed by atoms with van der Waals surface area (Å²) in [4.78, 5) is 13.9. The molecule has 0 aromatic heterocycles.